The van der Waals surface area contributed by atoms with Gasteiger partial charge in [0.05, 0.1) is 5.56 Å². The highest BCUT2D eigenvalue weighted by Crippen LogP contribution is 2.27. The molecular formula is C8H4F3N3O2. The van der Waals surface area contributed by atoms with Gasteiger partial charge in [-0.25, -0.2) is 4.79 Å². The number of fused-ring (bicyclic) bond motifs is 1. The molecule has 0 aromatic carbocycles. The summed E-state index contributed by atoms with van der Waals surface area (Å²) in [4.78, 5) is 10.6. The molecule has 5 nitrogen and oxygen atoms in total. The van der Waals surface area contributed by atoms with Crippen molar-refractivity contribution in [2.75, 3.05) is 0 Å². The first-order valence-electron chi connectivity index (χ1n) is 4.05. The molecule has 0 saturated carbocycles. The third-order valence-corrected chi connectivity index (χ3v) is 1.91. The van der Waals surface area contributed by atoms with Crippen molar-refractivity contribution in [3.8, 4) is 0 Å². The fraction of sp³-hybridized carbons (Fsp3) is 0.125. The maximum atomic E-state index is 12.4. The van der Waals surface area contributed by atoms with Gasteiger partial charge in [-0.3, -0.25) is 4.40 Å². The van der Waals surface area contributed by atoms with Gasteiger partial charge in [0, 0.05) is 6.20 Å². The first kappa shape index (κ1) is 10.4. The highest BCUT2D eigenvalue weighted by atomic mass is 19.4. The van der Waals surface area contributed by atoms with Crippen molar-refractivity contribution in [2.24, 2.45) is 0 Å². The zero-order chi connectivity index (χ0) is 11.9. The summed E-state index contributed by atoms with van der Waals surface area (Å²) in [5.74, 6) is -2.42. The van der Waals surface area contributed by atoms with Gasteiger partial charge in [0.2, 0.25) is 5.82 Å². The summed E-state index contributed by atoms with van der Waals surface area (Å²) < 4.78 is 37.8. The molecule has 0 aliphatic heterocycles. The van der Waals surface area contributed by atoms with Crippen molar-refractivity contribution in [1.82, 2.24) is 14.6 Å². The van der Waals surface area contributed by atoms with Crippen molar-refractivity contribution in [3.63, 3.8) is 0 Å². The van der Waals surface area contributed by atoms with E-state index in [1.807, 2.05) is 0 Å². The number of halogens is 3. The van der Waals surface area contributed by atoms with Crippen LogP contribution >= 0.6 is 0 Å². The predicted molar refractivity (Wildman–Crippen MR) is 44.9 cm³/mol. The molecule has 8 heteroatoms. The molecule has 0 aliphatic rings. The number of aromatic carboxylic acids is 1. The van der Waals surface area contributed by atoms with Crippen LogP contribution in [0.4, 0.5) is 13.2 Å². The number of carboxylic acid groups (broad SMARTS) is 1. The molecule has 0 radical (unpaired) electrons. The fourth-order valence-electron chi connectivity index (χ4n) is 1.22. The zero-order valence-corrected chi connectivity index (χ0v) is 7.56. The van der Waals surface area contributed by atoms with E-state index in [2.05, 4.69) is 10.2 Å². The predicted octanol–water partition coefficient (Wildman–Crippen LogP) is 1.45. The molecule has 0 amide bonds. The average molecular weight is 231 g/mol. The van der Waals surface area contributed by atoms with Crippen molar-refractivity contribution in [2.45, 2.75) is 6.18 Å². The Labute approximate surface area is 86.1 Å². The Kier molecular flexibility index (Phi) is 2.07. The Morgan fingerprint density at radius 3 is 2.62 bits per heavy atom. The molecule has 0 unspecified atom stereocenters. The molecule has 2 heterocycles. The van der Waals surface area contributed by atoms with E-state index in [1.54, 1.807) is 0 Å². The van der Waals surface area contributed by atoms with Crippen molar-refractivity contribution in [3.05, 3.63) is 29.7 Å². The molecule has 84 valence electrons. The maximum Gasteiger partial charge on any atom is 0.452 e. The number of alkyl halides is 3. The van der Waals surface area contributed by atoms with Gasteiger partial charge >= 0.3 is 12.1 Å². The van der Waals surface area contributed by atoms with Gasteiger partial charge in [-0.1, -0.05) is 0 Å². The van der Waals surface area contributed by atoms with E-state index in [9.17, 15) is 18.0 Å². The van der Waals surface area contributed by atoms with Gasteiger partial charge in [-0.2, -0.15) is 13.2 Å². The quantitative estimate of drug-likeness (QED) is 0.806. The number of rotatable bonds is 1. The van der Waals surface area contributed by atoms with Crippen LogP contribution < -0.4 is 0 Å². The monoisotopic (exact) mass is 231 g/mol. The molecule has 0 spiro atoms. The highest BCUT2D eigenvalue weighted by molar-refractivity contribution is 5.88. The molecular weight excluding hydrogens is 227 g/mol. The number of hydrogen-bond acceptors (Lipinski definition) is 3. The minimum absolute atomic E-state index is 0.145. The first-order chi connectivity index (χ1) is 7.39. The Morgan fingerprint density at radius 1 is 1.38 bits per heavy atom. The fourth-order valence-corrected chi connectivity index (χ4v) is 1.22. The van der Waals surface area contributed by atoms with Gasteiger partial charge in [0.25, 0.3) is 0 Å². The molecule has 0 saturated heterocycles. The molecule has 16 heavy (non-hydrogen) atoms. The van der Waals surface area contributed by atoms with Crippen molar-refractivity contribution < 1.29 is 23.1 Å². The number of nitrogens with zero attached hydrogens (tertiary/aromatic N) is 3. The van der Waals surface area contributed by atoms with Crippen LogP contribution in [0.25, 0.3) is 5.65 Å². The molecule has 0 atom stereocenters. The lowest BCUT2D eigenvalue weighted by Crippen LogP contribution is -2.10. The molecule has 2 aromatic rings. The topological polar surface area (TPSA) is 67.5 Å². The Morgan fingerprint density at radius 2 is 2.06 bits per heavy atom. The lowest BCUT2D eigenvalue weighted by molar-refractivity contribution is -0.145. The van der Waals surface area contributed by atoms with E-state index in [1.165, 1.54) is 0 Å². The minimum Gasteiger partial charge on any atom is -0.478 e. The number of carbonyl (C=O) groups is 1. The van der Waals surface area contributed by atoms with Gasteiger partial charge in [0.15, 0.2) is 5.65 Å². The molecule has 2 aromatic heterocycles. The number of pyridine rings is 1. The number of carboxylic acids is 1. The van der Waals surface area contributed by atoms with Crippen LogP contribution in [-0.4, -0.2) is 25.7 Å². The van der Waals surface area contributed by atoms with E-state index in [4.69, 9.17) is 5.11 Å². The molecule has 2 rings (SSSR count). The molecule has 1 N–H and O–H groups in total. The summed E-state index contributed by atoms with van der Waals surface area (Å²) in [6.45, 7) is 0. The Balaban J connectivity index is 2.64. The number of aromatic nitrogens is 3. The third kappa shape index (κ3) is 1.58. The van der Waals surface area contributed by atoms with E-state index < -0.39 is 18.0 Å². The SMILES string of the molecule is O=C(O)c1ccn2c(C(F)(F)F)nnc2c1. The largest absolute Gasteiger partial charge is 0.478 e. The lowest BCUT2D eigenvalue weighted by atomic mass is 10.3. The smallest absolute Gasteiger partial charge is 0.452 e. The summed E-state index contributed by atoms with van der Waals surface area (Å²) in [5, 5.41) is 14.9. The van der Waals surface area contributed by atoms with Crippen molar-refractivity contribution in [1.29, 1.82) is 0 Å². The van der Waals surface area contributed by atoms with Crippen molar-refractivity contribution >= 4 is 11.6 Å². The lowest BCUT2D eigenvalue weighted by Gasteiger charge is -2.03. The van der Waals surface area contributed by atoms with Crippen LogP contribution in [0, 0.1) is 0 Å². The van der Waals surface area contributed by atoms with Gasteiger partial charge < -0.3 is 5.11 Å². The van der Waals surface area contributed by atoms with E-state index in [0.717, 1.165) is 18.3 Å². The summed E-state index contributed by atoms with van der Waals surface area (Å²) in [6, 6.07) is 2.07. The highest BCUT2D eigenvalue weighted by Gasteiger charge is 2.36. The molecule has 0 bridgehead atoms. The number of hydrogen-bond donors (Lipinski definition) is 1. The molecule has 0 fully saturated rings. The van der Waals surface area contributed by atoms with Crippen LogP contribution in [-0.2, 0) is 6.18 Å². The van der Waals surface area contributed by atoms with Gasteiger partial charge in [-0.15, -0.1) is 10.2 Å². The summed E-state index contributed by atoms with van der Waals surface area (Å²) in [5.41, 5.74) is -0.305. The van der Waals surface area contributed by atoms with Gasteiger partial charge in [-0.05, 0) is 12.1 Å². The summed E-state index contributed by atoms with van der Waals surface area (Å²) in [6.07, 6.45) is -3.65. The normalized spacial score (nSPS) is 11.9. The maximum absolute atomic E-state index is 12.4. The van der Waals surface area contributed by atoms with Crippen LogP contribution in [0.15, 0.2) is 18.3 Å². The average Bonchev–Trinajstić information content (AvgIpc) is 2.58. The van der Waals surface area contributed by atoms with E-state index >= 15 is 0 Å². The van der Waals surface area contributed by atoms with Gasteiger partial charge in [0.1, 0.15) is 0 Å². The van der Waals surface area contributed by atoms with E-state index in [0.29, 0.717) is 4.40 Å². The van der Waals surface area contributed by atoms with Crippen LogP contribution in [0.3, 0.4) is 0 Å². The summed E-state index contributed by atoms with van der Waals surface area (Å²) >= 11 is 0. The second-order valence-corrected chi connectivity index (χ2v) is 2.97. The summed E-state index contributed by atoms with van der Waals surface area (Å²) in [7, 11) is 0. The zero-order valence-electron chi connectivity index (χ0n) is 7.56. The van der Waals surface area contributed by atoms with Crippen LogP contribution in [0.5, 0.6) is 0 Å². The van der Waals surface area contributed by atoms with Crippen LogP contribution in [0.1, 0.15) is 16.2 Å². The van der Waals surface area contributed by atoms with Crippen LogP contribution in [0.2, 0.25) is 0 Å². The van der Waals surface area contributed by atoms with E-state index in [-0.39, 0.29) is 11.2 Å². The first-order valence-corrected chi connectivity index (χ1v) is 4.05. The third-order valence-electron chi connectivity index (χ3n) is 1.91. The second-order valence-electron chi connectivity index (χ2n) is 2.97. The standard InChI is InChI=1S/C8H4F3N3O2/c9-8(10,11)7-13-12-5-3-4(6(15)16)1-2-14(5)7/h1-3H,(H,15,16). The molecule has 0 aliphatic carbocycles. The Bertz CT molecular complexity index is 561. The second kappa shape index (κ2) is 3.19. The Hall–Kier alpha value is -2.12. The minimum atomic E-state index is -4.62.